The fourth-order valence-electron chi connectivity index (χ4n) is 0.814. The lowest BCUT2D eigenvalue weighted by Gasteiger charge is -2.16. The van der Waals surface area contributed by atoms with E-state index in [0.717, 1.165) is 10.8 Å². The molecule has 0 heterocycles. The van der Waals surface area contributed by atoms with Crippen LogP contribution < -0.4 is 5.73 Å². The highest BCUT2D eigenvalue weighted by atomic mass is 33.1. The summed E-state index contributed by atoms with van der Waals surface area (Å²) in [6.07, 6.45) is 0.347. The summed E-state index contributed by atoms with van der Waals surface area (Å²) in [7, 11) is -0.396. The summed E-state index contributed by atoms with van der Waals surface area (Å²) in [4.78, 5) is 0. The average Bonchev–Trinajstić information content (AvgIpc) is 2.13. The van der Waals surface area contributed by atoms with Gasteiger partial charge >= 0.3 is 7.60 Å². The van der Waals surface area contributed by atoms with Gasteiger partial charge in [0.1, 0.15) is 0 Å². The zero-order valence-corrected chi connectivity index (χ0v) is 11.4. The number of hydrogen-bond donors (Lipinski definition) is 2. The monoisotopic (exact) mass is 272 g/mol. The molecule has 0 atom stereocenters. The number of hydrogen-bond acceptors (Lipinski definition) is 6. The second-order valence-corrected chi connectivity index (χ2v) is 7.08. The SMILES string of the molecule is CCOP(=O)(CCSSC(=N)N)OCC. The zero-order chi connectivity index (χ0) is 11.7. The van der Waals surface area contributed by atoms with Crippen molar-refractivity contribution in [3.63, 3.8) is 0 Å². The molecule has 3 N–H and O–H groups in total. The van der Waals surface area contributed by atoms with Gasteiger partial charge in [-0.15, -0.1) is 0 Å². The van der Waals surface area contributed by atoms with Crippen molar-refractivity contribution in [2.75, 3.05) is 25.1 Å². The summed E-state index contributed by atoms with van der Waals surface area (Å²) in [5, 5.41) is 7.02. The highest BCUT2D eigenvalue weighted by molar-refractivity contribution is 8.82. The minimum atomic E-state index is -2.92. The van der Waals surface area contributed by atoms with Gasteiger partial charge in [-0.3, -0.25) is 9.97 Å². The van der Waals surface area contributed by atoms with Crippen LogP contribution in [0.5, 0.6) is 0 Å². The molecule has 0 aliphatic carbocycles. The van der Waals surface area contributed by atoms with Crippen LogP contribution in [0.3, 0.4) is 0 Å². The van der Waals surface area contributed by atoms with Gasteiger partial charge in [0.2, 0.25) is 0 Å². The summed E-state index contributed by atoms with van der Waals surface area (Å²) in [5.41, 5.74) is 5.15. The maximum Gasteiger partial charge on any atom is 0.331 e. The van der Waals surface area contributed by atoms with Crippen LogP contribution >= 0.6 is 29.2 Å². The normalized spacial score (nSPS) is 11.6. The summed E-state index contributed by atoms with van der Waals surface area (Å²) in [5.74, 6) is 0.585. The quantitative estimate of drug-likeness (QED) is 0.232. The molecule has 0 unspecified atom stereocenters. The van der Waals surface area contributed by atoms with Crippen LogP contribution in [0.25, 0.3) is 0 Å². The summed E-state index contributed by atoms with van der Waals surface area (Å²) in [6, 6.07) is 0. The van der Waals surface area contributed by atoms with Gasteiger partial charge in [0.05, 0.1) is 19.4 Å². The Labute approximate surface area is 98.3 Å². The summed E-state index contributed by atoms with van der Waals surface area (Å²) >= 11 is 0. The molecule has 0 fully saturated rings. The molecule has 0 aliphatic heterocycles. The molecule has 8 heteroatoms. The molecule has 0 aromatic carbocycles. The van der Waals surface area contributed by atoms with E-state index in [1.165, 1.54) is 10.8 Å². The highest BCUT2D eigenvalue weighted by Crippen LogP contribution is 2.48. The van der Waals surface area contributed by atoms with Crippen molar-refractivity contribution in [3.05, 3.63) is 0 Å². The maximum absolute atomic E-state index is 11.9. The Kier molecular flexibility index (Phi) is 8.65. The molecule has 0 bridgehead atoms. The van der Waals surface area contributed by atoms with Crippen LogP contribution in [0.15, 0.2) is 0 Å². The Morgan fingerprint density at radius 3 is 2.33 bits per heavy atom. The first-order valence-corrected chi connectivity index (χ1v) is 8.60. The van der Waals surface area contributed by atoms with E-state index in [-0.39, 0.29) is 5.17 Å². The lowest BCUT2D eigenvalue weighted by Crippen LogP contribution is -2.04. The van der Waals surface area contributed by atoms with Crippen molar-refractivity contribution in [1.82, 2.24) is 0 Å². The van der Waals surface area contributed by atoms with Crippen LogP contribution in [0.4, 0.5) is 0 Å². The average molecular weight is 272 g/mol. The fourth-order valence-corrected chi connectivity index (χ4v) is 4.64. The molecule has 0 amide bonds. The third-order valence-electron chi connectivity index (χ3n) is 1.25. The van der Waals surface area contributed by atoms with Crippen LogP contribution in [0.2, 0.25) is 0 Å². The van der Waals surface area contributed by atoms with E-state index in [1.54, 1.807) is 13.8 Å². The molecule has 5 nitrogen and oxygen atoms in total. The highest BCUT2D eigenvalue weighted by Gasteiger charge is 2.22. The molecule has 15 heavy (non-hydrogen) atoms. The largest absolute Gasteiger partial charge is 0.378 e. The first-order valence-electron chi connectivity index (χ1n) is 4.55. The third kappa shape index (κ3) is 8.16. The van der Waals surface area contributed by atoms with Crippen molar-refractivity contribution in [2.24, 2.45) is 5.73 Å². The number of nitrogens with one attached hydrogen (secondary N) is 1. The molecule has 0 spiro atoms. The van der Waals surface area contributed by atoms with Gasteiger partial charge in [-0.2, -0.15) is 0 Å². The van der Waals surface area contributed by atoms with Crippen LogP contribution in [0, 0.1) is 5.41 Å². The Bertz CT molecular complexity index is 230. The number of amidine groups is 1. The van der Waals surface area contributed by atoms with E-state index in [9.17, 15) is 4.57 Å². The van der Waals surface area contributed by atoms with Gasteiger partial charge in [-0.25, -0.2) is 0 Å². The predicted octanol–water partition coefficient (Wildman–Crippen LogP) is 2.53. The number of rotatable bonds is 8. The Morgan fingerprint density at radius 2 is 1.93 bits per heavy atom. The van der Waals surface area contributed by atoms with Crippen molar-refractivity contribution in [2.45, 2.75) is 13.8 Å². The van der Waals surface area contributed by atoms with Gasteiger partial charge in [-0.05, 0) is 24.6 Å². The summed E-state index contributed by atoms with van der Waals surface area (Å²) < 4.78 is 22.1. The topological polar surface area (TPSA) is 85.4 Å². The molecule has 0 rings (SSSR count). The minimum Gasteiger partial charge on any atom is -0.378 e. The molecule has 90 valence electrons. The Balaban J connectivity index is 3.85. The predicted molar refractivity (Wildman–Crippen MR) is 67.7 cm³/mol. The van der Waals surface area contributed by atoms with Gasteiger partial charge in [0.15, 0.2) is 5.17 Å². The van der Waals surface area contributed by atoms with Crippen molar-refractivity contribution in [3.8, 4) is 0 Å². The molecule has 0 radical (unpaired) electrons. The van der Waals surface area contributed by atoms with Crippen molar-refractivity contribution >= 4 is 34.4 Å². The zero-order valence-electron chi connectivity index (χ0n) is 8.89. The van der Waals surface area contributed by atoms with E-state index >= 15 is 0 Å². The fraction of sp³-hybridized carbons (Fsp3) is 0.857. The lowest BCUT2D eigenvalue weighted by molar-refractivity contribution is 0.221. The maximum atomic E-state index is 11.9. The van der Waals surface area contributed by atoms with Gasteiger partial charge in [0.25, 0.3) is 0 Å². The molecule has 0 saturated heterocycles. The van der Waals surface area contributed by atoms with Gasteiger partial charge in [0, 0.05) is 5.75 Å². The first-order chi connectivity index (χ1) is 7.04. The van der Waals surface area contributed by atoms with Gasteiger partial charge in [-0.1, -0.05) is 10.8 Å². The number of nitrogens with two attached hydrogens (primary N) is 1. The van der Waals surface area contributed by atoms with Gasteiger partial charge < -0.3 is 14.8 Å². The smallest absolute Gasteiger partial charge is 0.331 e. The first kappa shape index (κ1) is 15.3. The molecule has 0 aromatic heterocycles. The van der Waals surface area contributed by atoms with Crippen LogP contribution in [-0.2, 0) is 13.6 Å². The Morgan fingerprint density at radius 1 is 1.40 bits per heavy atom. The minimum absolute atomic E-state index is 0.0441. The second kappa shape index (κ2) is 8.47. The molecule has 0 saturated carbocycles. The third-order valence-corrected chi connectivity index (χ3v) is 5.69. The Hall–Kier alpha value is 0.320. The van der Waals surface area contributed by atoms with E-state index in [4.69, 9.17) is 20.2 Å². The van der Waals surface area contributed by atoms with Crippen molar-refractivity contribution in [1.29, 1.82) is 5.41 Å². The van der Waals surface area contributed by atoms with E-state index in [2.05, 4.69) is 0 Å². The molecule has 0 aliphatic rings. The van der Waals surface area contributed by atoms with Crippen LogP contribution in [-0.4, -0.2) is 30.3 Å². The molecular weight excluding hydrogens is 255 g/mol. The summed E-state index contributed by atoms with van der Waals surface area (Å²) in [6.45, 7) is 4.32. The second-order valence-electron chi connectivity index (χ2n) is 2.44. The van der Waals surface area contributed by atoms with E-state index in [0.29, 0.717) is 25.1 Å². The van der Waals surface area contributed by atoms with E-state index < -0.39 is 7.60 Å². The molecule has 0 aromatic rings. The van der Waals surface area contributed by atoms with Crippen molar-refractivity contribution < 1.29 is 13.6 Å². The lowest BCUT2D eigenvalue weighted by atomic mass is 10.9. The standard InChI is InChI=1S/C7H17N2O3PS2/c1-3-11-13(10,12-4-2)5-6-14-15-7(8)9/h3-6H2,1-2H3,(H3,8,9). The van der Waals surface area contributed by atoms with E-state index in [1.807, 2.05) is 0 Å². The molecular formula is C7H17N2O3PS2. The van der Waals surface area contributed by atoms with Crippen LogP contribution in [0.1, 0.15) is 13.8 Å².